The lowest BCUT2D eigenvalue weighted by Crippen LogP contribution is -2.01. The van der Waals surface area contributed by atoms with Crippen molar-refractivity contribution in [1.82, 2.24) is 0 Å². The van der Waals surface area contributed by atoms with Crippen LogP contribution in [0.25, 0.3) is 0 Å². The lowest BCUT2D eigenvalue weighted by atomic mass is 10.1. The third-order valence-corrected chi connectivity index (χ3v) is 3.01. The molecule has 0 saturated heterocycles. The molecule has 0 saturated carbocycles. The molecule has 1 N–H and O–H groups in total. The van der Waals surface area contributed by atoms with Gasteiger partial charge in [-0.15, -0.1) is 0 Å². The summed E-state index contributed by atoms with van der Waals surface area (Å²) >= 11 is 0. The van der Waals surface area contributed by atoms with E-state index < -0.39 is 0 Å². The van der Waals surface area contributed by atoms with Gasteiger partial charge in [-0.25, -0.2) is 0 Å². The van der Waals surface area contributed by atoms with E-state index in [-0.39, 0.29) is 0 Å². The molecule has 0 bridgehead atoms. The van der Waals surface area contributed by atoms with Crippen molar-refractivity contribution in [3.8, 4) is 5.75 Å². The zero-order valence-electron chi connectivity index (χ0n) is 10.9. The molecule has 94 valence electrons. The highest BCUT2D eigenvalue weighted by molar-refractivity contribution is 5.47. The number of aryl methyl sites for hydroxylation is 1. The van der Waals surface area contributed by atoms with Crippen LogP contribution >= 0.6 is 0 Å². The highest BCUT2D eigenvalue weighted by Crippen LogP contribution is 2.19. The van der Waals surface area contributed by atoms with Crippen molar-refractivity contribution in [3.63, 3.8) is 0 Å². The molecule has 0 heterocycles. The topological polar surface area (TPSA) is 21.3 Å². The van der Waals surface area contributed by atoms with Gasteiger partial charge in [-0.1, -0.05) is 37.3 Å². The second kappa shape index (κ2) is 6.10. The molecule has 18 heavy (non-hydrogen) atoms. The molecular weight excluding hydrogens is 222 g/mol. The van der Waals surface area contributed by atoms with Crippen molar-refractivity contribution in [1.29, 1.82) is 0 Å². The van der Waals surface area contributed by atoms with E-state index in [1.807, 2.05) is 18.2 Å². The second-order valence-electron chi connectivity index (χ2n) is 4.22. The first-order valence-corrected chi connectivity index (χ1v) is 6.28. The fourth-order valence-electron chi connectivity index (χ4n) is 1.95. The standard InChI is InChI=1S/C16H19NO/c1-3-13-7-6-9-15(11-13)17-12-14-8-4-5-10-16(14)18-2/h4-11,17H,3,12H2,1-2H3. The third kappa shape index (κ3) is 3.04. The molecule has 0 fully saturated rings. The number of methoxy groups -OCH3 is 1. The number of hydrogen-bond donors (Lipinski definition) is 1. The first kappa shape index (κ1) is 12.5. The predicted molar refractivity (Wildman–Crippen MR) is 76.1 cm³/mol. The quantitative estimate of drug-likeness (QED) is 0.858. The van der Waals surface area contributed by atoms with Crippen molar-refractivity contribution >= 4 is 5.69 Å². The largest absolute Gasteiger partial charge is 0.496 e. The molecule has 0 atom stereocenters. The van der Waals surface area contributed by atoms with Gasteiger partial charge in [-0.05, 0) is 30.2 Å². The van der Waals surface area contributed by atoms with Gasteiger partial charge in [0.25, 0.3) is 0 Å². The Morgan fingerprint density at radius 2 is 1.89 bits per heavy atom. The third-order valence-electron chi connectivity index (χ3n) is 3.01. The summed E-state index contributed by atoms with van der Waals surface area (Å²) in [6.07, 6.45) is 1.06. The van der Waals surface area contributed by atoms with Gasteiger partial charge in [-0.2, -0.15) is 0 Å². The van der Waals surface area contributed by atoms with Gasteiger partial charge in [0.15, 0.2) is 0 Å². The number of para-hydroxylation sites is 1. The first-order chi connectivity index (χ1) is 8.83. The minimum Gasteiger partial charge on any atom is -0.496 e. The van der Waals surface area contributed by atoms with E-state index >= 15 is 0 Å². The Hall–Kier alpha value is -1.96. The maximum atomic E-state index is 5.34. The number of hydrogen-bond acceptors (Lipinski definition) is 2. The molecule has 0 aliphatic heterocycles. The zero-order chi connectivity index (χ0) is 12.8. The van der Waals surface area contributed by atoms with Crippen molar-refractivity contribution in [2.45, 2.75) is 19.9 Å². The Morgan fingerprint density at radius 1 is 1.06 bits per heavy atom. The fraction of sp³-hybridized carbons (Fsp3) is 0.250. The molecule has 0 aliphatic carbocycles. The van der Waals surface area contributed by atoms with Crippen LogP contribution in [0.4, 0.5) is 5.69 Å². The summed E-state index contributed by atoms with van der Waals surface area (Å²) in [6.45, 7) is 2.94. The Morgan fingerprint density at radius 3 is 2.67 bits per heavy atom. The molecule has 0 unspecified atom stereocenters. The summed E-state index contributed by atoms with van der Waals surface area (Å²) in [5, 5.41) is 3.43. The first-order valence-electron chi connectivity index (χ1n) is 6.28. The maximum absolute atomic E-state index is 5.34. The van der Waals surface area contributed by atoms with Crippen LogP contribution in [-0.2, 0) is 13.0 Å². The molecule has 2 aromatic rings. The summed E-state index contributed by atoms with van der Waals surface area (Å²) in [5.74, 6) is 0.927. The maximum Gasteiger partial charge on any atom is 0.123 e. The lowest BCUT2D eigenvalue weighted by Gasteiger charge is -2.11. The van der Waals surface area contributed by atoms with Gasteiger partial charge in [0.1, 0.15) is 5.75 Å². The summed E-state index contributed by atoms with van der Waals surface area (Å²) in [6, 6.07) is 16.6. The van der Waals surface area contributed by atoms with E-state index in [9.17, 15) is 0 Å². The smallest absolute Gasteiger partial charge is 0.123 e. The van der Waals surface area contributed by atoms with Gasteiger partial charge in [-0.3, -0.25) is 0 Å². The van der Waals surface area contributed by atoms with Crippen LogP contribution in [0, 0.1) is 0 Å². The lowest BCUT2D eigenvalue weighted by molar-refractivity contribution is 0.410. The fourth-order valence-corrected chi connectivity index (χ4v) is 1.95. The number of benzene rings is 2. The van der Waals surface area contributed by atoms with Crippen LogP contribution in [0.3, 0.4) is 0 Å². The molecule has 2 nitrogen and oxygen atoms in total. The summed E-state index contributed by atoms with van der Waals surface area (Å²) < 4.78 is 5.34. The highest BCUT2D eigenvalue weighted by Gasteiger charge is 2.01. The van der Waals surface area contributed by atoms with Gasteiger partial charge in [0.05, 0.1) is 7.11 Å². The molecule has 0 aromatic heterocycles. The number of ether oxygens (including phenoxy) is 1. The molecule has 0 spiro atoms. The minimum atomic E-state index is 0.775. The van der Waals surface area contributed by atoms with Crippen LogP contribution in [0.15, 0.2) is 48.5 Å². The van der Waals surface area contributed by atoms with E-state index in [2.05, 4.69) is 42.6 Å². The zero-order valence-corrected chi connectivity index (χ0v) is 10.9. The van der Waals surface area contributed by atoms with E-state index in [0.717, 1.165) is 24.4 Å². The molecule has 0 radical (unpaired) electrons. The SMILES string of the molecule is CCc1cccc(NCc2ccccc2OC)c1. The Bertz CT molecular complexity index is 508. The van der Waals surface area contributed by atoms with Crippen LogP contribution in [0.5, 0.6) is 5.75 Å². The van der Waals surface area contributed by atoms with E-state index in [4.69, 9.17) is 4.74 Å². The average Bonchev–Trinajstić information content (AvgIpc) is 2.45. The molecule has 2 heteroatoms. The molecule has 0 aliphatic rings. The Balaban J connectivity index is 2.06. The molecule has 0 amide bonds. The van der Waals surface area contributed by atoms with Gasteiger partial charge < -0.3 is 10.1 Å². The van der Waals surface area contributed by atoms with Crippen LogP contribution in [-0.4, -0.2) is 7.11 Å². The number of nitrogens with one attached hydrogen (secondary N) is 1. The van der Waals surface area contributed by atoms with Crippen molar-refractivity contribution in [2.24, 2.45) is 0 Å². The molecule has 2 aromatic carbocycles. The van der Waals surface area contributed by atoms with Gasteiger partial charge in [0.2, 0.25) is 0 Å². The predicted octanol–water partition coefficient (Wildman–Crippen LogP) is 3.87. The minimum absolute atomic E-state index is 0.775. The monoisotopic (exact) mass is 241 g/mol. The van der Waals surface area contributed by atoms with Gasteiger partial charge >= 0.3 is 0 Å². The van der Waals surface area contributed by atoms with Crippen LogP contribution < -0.4 is 10.1 Å². The second-order valence-corrected chi connectivity index (χ2v) is 4.22. The van der Waals surface area contributed by atoms with E-state index in [1.165, 1.54) is 11.1 Å². The molecule has 2 rings (SSSR count). The van der Waals surface area contributed by atoms with Crippen LogP contribution in [0.2, 0.25) is 0 Å². The van der Waals surface area contributed by atoms with Gasteiger partial charge in [0, 0.05) is 17.8 Å². The van der Waals surface area contributed by atoms with E-state index in [1.54, 1.807) is 7.11 Å². The van der Waals surface area contributed by atoms with E-state index in [0.29, 0.717) is 0 Å². The van der Waals surface area contributed by atoms with Crippen LogP contribution in [0.1, 0.15) is 18.1 Å². The summed E-state index contributed by atoms with van der Waals surface area (Å²) in [4.78, 5) is 0. The molecular formula is C16H19NO. The summed E-state index contributed by atoms with van der Waals surface area (Å²) in [7, 11) is 1.70. The Kier molecular flexibility index (Phi) is 4.24. The normalized spacial score (nSPS) is 10.1. The van der Waals surface area contributed by atoms with Crippen molar-refractivity contribution in [2.75, 3.05) is 12.4 Å². The average molecular weight is 241 g/mol. The summed E-state index contributed by atoms with van der Waals surface area (Å²) in [5.41, 5.74) is 3.67. The van der Waals surface area contributed by atoms with Crippen molar-refractivity contribution in [3.05, 3.63) is 59.7 Å². The van der Waals surface area contributed by atoms with Crippen molar-refractivity contribution < 1.29 is 4.74 Å². The Labute approximate surface area is 109 Å². The number of anilines is 1. The highest BCUT2D eigenvalue weighted by atomic mass is 16.5. The number of rotatable bonds is 5.